The van der Waals surface area contributed by atoms with Crippen LogP contribution in [0.4, 0.5) is 0 Å². The Morgan fingerprint density at radius 2 is 1.90 bits per heavy atom. The first-order chi connectivity index (χ1) is 14.0. The van der Waals surface area contributed by atoms with E-state index in [0.29, 0.717) is 5.56 Å². The third-order valence-electron chi connectivity index (χ3n) is 6.17. The number of H-pyrrole nitrogens is 1. The summed E-state index contributed by atoms with van der Waals surface area (Å²) in [7, 11) is 1.91. The highest BCUT2D eigenvalue weighted by Crippen LogP contribution is 2.28. The van der Waals surface area contributed by atoms with Crippen molar-refractivity contribution >= 4 is 16.8 Å². The van der Waals surface area contributed by atoms with E-state index in [1.54, 1.807) is 12.1 Å². The van der Waals surface area contributed by atoms with Crippen LogP contribution in [0.2, 0.25) is 0 Å². The summed E-state index contributed by atoms with van der Waals surface area (Å²) < 4.78 is 0. The minimum Gasteiger partial charge on any atom is -0.508 e. The van der Waals surface area contributed by atoms with E-state index in [4.69, 9.17) is 0 Å². The number of aryl methyl sites for hydroxylation is 1. The first-order valence-electron chi connectivity index (χ1n) is 10.4. The predicted octanol–water partition coefficient (Wildman–Crippen LogP) is 3.96. The minimum atomic E-state index is 0.0297. The first kappa shape index (κ1) is 19.5. The van der Waals surface area contributed by atoms with Gasteiger partial charge in [-0.3, -0.25) is 4.79 Å². The number of phenols is 1. The molecule has 0 radical (unpaired) electrons. The van der Waals surface area contributed by atoms with Crippen LogP contribution in [0.15, 0.2) is 48.5 Å². The van der Waals surface area contributed by atoms with E-state index in [0.717, 1.165) is 55.5 Å². The highest BCUT2D eigenvalue weighted by atomic mass is 16.3. The van der Waals surface area contributed by atoms with E-state index in [1.165, 1.54) is 5.56 Å². The third-order valence-corrected chi connectivity index (χ3v) is 6.17. The summed E-state index contributed by atoms with van der Waals surface area (Å²) in [4.78, 5) is 20.9. The Morgan fingerprint density at radius 3 is 2.62 bits per heavy atom. The Morgan fingerprint density at radius 1 is 1.17 bits per heavy atom. The van der Waals surface area contributed by atoms with Crippen LogP contribution in [0, 0.1) is 6.92 Å². The minimum absolute atomic E-state index is 0.0297. The van der Waals surface area contributed by atoms with E-state index < -0.39 is 0 Å². The van der Waals surface area contributed by atoms with Gasteiger partial charge in [-0.15, -0.1) is 0 Å². The molecule has 1 aromatic heterocycles. The molecule has 1 saturated heterocycles. The van der Waals surface area contributed by atoms with Gasteiger partial charge < -0.3 is 19.9 Å². The van der Waals surface area contributed by atoms with Gasteiger partial charge in [0.2, 0.25) is 0 Å². The zero-order valence-corrected chi connectivity index (χ0v) is 17.2. The predicted molar refractivity (Wildman–Crippen MR) is 116 cm³/mol. The van der Waals surface area contributed by atoms with Crippen LogP contribution in [-0.2, 0) is 6.42 Å². The van der Waals surface area contributed by atoms with Crippen molar-refractivity contribution in [2.24, 2.45) is 0 Å². The SMILES string of the molecule is Cc1[nH]c2ccc(O)cc2c1C(=O)N(C)C1CCN(CCc2ccccc2)CC1. The van der Waals surface area contributed by atoms with Crippen molar-refractivity contribution in [1.82, 2.24) is 14.8 Å². The molecule has 0 bridgehead atoms. The largest absolute Gasteiger partial charge is 0.508 e. The van der Waals surface area contributed by atoms with Crippen LogP contribution in [0.25, 0.3) is 10.9 Å². The van der Waals surface area contributed by atoms with Crippen molar-refractivity contribution in [3.63, 3.8) is 0 Å². The van der Waals surface area contributed by atoms with Gasteiger partial charge >= 0.3 is 0 Å². The quantitative estimate of drug-likeness (QED) is 0.692. The molecule has 1 fully saturated rings. The summed E-state index contributed by atoms with van der Waals surface area (Å²) >= 11 is 0. The normalized spacial score (nSPS) is 15.7. The summed E-state index contributed by atoms with van der Waals surface area (Å²) in [5.74, 6) is 0.210. The number of likely N-dealkylation sites (tertiary alicyclic amines) is 1. The molecule has 4 rings (SSSR count). The van der Waals surface area contributed by atoms with Gasteiger partial charge in [-0.2, -0.15) is 0 Å². The fraction of sp³-hybridized carbons (Fsp3) is 0.375. The van der Waals surface area contributed by atoms with E-state index in [1.807, 2.05) is 24.9 Å². The molecule has 29 heavy (non-hydrogen) atoms. The number of benzene rings is 2. The van der Waals surface area contributed by atoms with E-state index in [9.17, 15) is 9.90 Å². The van der Waals surface area contributed by atoms with Gasteiger partial charge in [-0.25, -0.2) is 0 Å². The number of carbonyl (C=O) groups excluding carboxylic acids is 1. The Kier molecular flexibility index (Phi) is 5.58. The van der Waals surface area contributed by atoms with Crippen LogP contribution in [0.3, 0.4) is 0 Å². The number of amides is 1. The standard InChI is InChI=1S/C24H29N3O2/c1-17-23(21-16-20(28)8-9-22(21)25-17)24(29)26(2)19-11-14-27(15-12-19)13-10-18-6-4-3-5-7-18/h3-9,16,19,25,28H,10-15H2,1-2H3. The Bertz CT molecular complexity index is 988. The number of hydrogen-bond acceptors (Lipinski definition) is 3. The smallest absolute Gasteiger partial charge is 0.256 e. The second-order valence-electron chi connectivity index (χ2n) is 8.08. The molecule has 1 amide bonds. The molecule has 2 aromatic carbocycles. The van der Waals surface area contributed by atoms with Gasteiger partial charge in [-0.1, -0.05) is 30.3 Å². The summed E-state index contributed by atoms with van der Waals surface area (Å²) in [5.41, 5.74) is 3.78. The zero-order chi connectivity index (χ0) is 20.4. The van der Waals surface area contributed by atoms with Gasteiger partial charge in [-0.05, 0) is 49.9 Å². The second-order valence-corrected chi connectivity index (χ2v) is 8.08. The average Bonchev–Trinajstić information content (AvgIpc) is 3.07. The summed E-state index contributed by atoms with van der Waals surface area (Å²) in [6.45, 7) is 5.02. The Hall–Kier alpha value is -2.79. The lowest BCUT2D eigenvalue weighted by Crippen LogP contribution is -2.46. The van der Waals surface area contributed by atoms with Crippen LogP contribution >= 0.6 is 0 Å². The number of phenolic OH excluding ortho intramolecular Hbond substituents is 1. The fourth-order valence-electron chi connectivity index (χ4n) is 4.39. The number of hydrogen-bond donors (Lipinski definition) is 2. The van der Waals surface area contributed by atoms with Crippen molar-refractivity contribution in [3.05, 3.63) is 65.4 Å². The highest BCUT2D eigenvalue weighted by Gasteiger charge is 2.28. The first-order valence-corrected chi connectivity index (χ1v) is 10.4. The highest BCUT2D eigenvalue weighted by molar-refractivity contribution is 6.08. The molecule has 152 valence electrons. The molecular weight excluding hydrogens is 362 g/mol. The number of rotatable bonds is 5. The summed E-state index contributed by atoms with van der Waals surface area (Å²) in [6, 6.07) is 16.0. The van der Waals surface area contributed by atoms with Gasteiger partial charge in [0.05, 0.1) is 5.56 Å². The Labute approximate surface area is 171 Å². The number of nitrogens with zero attached hydrogens (tertiary/aromatic N) is 2. The van der Waals surface area contributed by atoms with E-state index in [2.05, 4.69) is 40.2 Å². The zero-order valence-electron chi connectivity index (χ0n) is 17.2. The van der Waals surface area contributed by atoms with Crippen LogP contribution < -0.4 is 0 Å². The molecule has 0 aliphatic carbocycles. The molecule has 1 aliphatic heterocycles. The maximum absolute atomic E-state index is 13.3. The van der Waals surface area contributed by atoms with Crippen molar-refractivity contribution in [2.45, 2.75) is 32.2 Å². The number of piperidine rings is 1. The van der Waals surface area contributed by atoms with Gasteiger partial charge in [0.15, 0.2) is 0 Å². The van der Waals surface area contributed by atoms with Crippen LogP contribution in [-0.4, -0.2) is 58.5 Å². The maximum Gasteiger partial charge on any atom is 0.256 e. The molecule has 5 heteroatoms. The fourth-order valence-corrected chi connectivity index (χ4v) is 4.39. The summed E-state index contributed by atoms with van der Waals surface area (Å²) in [6.07, 6.45) is 3.05. The van der Waals surface area contributed by atoms with Gasteiger partial charge in [0, 0.05) is 49.3 Å². The lowest BCUT2D eigenvalue weighted by atomic mass is 10.0. The average molecular weight is 392 g/mol. The molecule has 5 nitrogen and oxygen atoms in total. The van der Waals surface area contributed by atoms with Crippen molar-refractivity contribution in [2.75, 3.05) is 26.7 Å². The summed E-state index contributed by atoms with van der Waals surface area (Å²) in [5, 5.41) is 10.6. The van der Waals surface area contributed by atoms with E-state index in [-0.39, 0.29) is 17.7 Å². The molecule has 0 unspecified atom stereocenters. The van der Waals surface area contributed by atoms with E-state index >= 15 is 0 Å². The molecule has 0 spiro atoms. The van der Waals surface area contributed by atoms with Crippen molar-refractivity contribution in [1.29, 1.82) is 0 Å². The number of aromatic hydroxyl groups is 1. The topological polar surface area (TPSA) is 59.6 Å². The molecule has 0 atom stereocenters. The van der Waals surface area contributed by atoms with Gasteiger partial charge in [0.25, 0.3) is 5.91 Å². The molecule has 0 saturated carbocycles. The molecule has 3 aromatic rings. The van der Waals surface area contributed by atoms with Crippen molar-refractivity contribution < 1.29 is 9.90 Å². The van der Waals surface area contributed by atoms with Crippen LogP contribution in [0.1, 0.15) is 34.5 Å². The van der Waals surface area contributed by atoms with Crippen molar-refractivity contribution in [3.8, 4) is 5.75 Å². The second kappa shape index (κ2) is 8.29. The molecular formula is C24H29N3O2. The number of carbonyl (C=O) groups is 1. The number of aromatic nitrogens is 1. The number of nitrogens with one attached hydrogen (secondary N) is 1. The number of fused-ring (bicyclic) bond motifs is 1. The molecule has 1 aliphatic rings. The number of aromatic amines is 1. The lowest BCUT2D eigenvalue weighted by Gasteiger charge is -2.37. The molecule has 2 heterocycles. The monoisotopic (exact) mass is 391 g/mol. The molecule has 2 N–H and O–H groups in total. The van der Waals surface area contributed by atoms with Crippen LogP contribution in [0.5, 0.6) is 5.75 Å². The Balaban J connectivity index is 1.38. The lowest BCUT2D eigenvalue weighted by molar-refractivity contribution is 0.0645. The maximum atomic E-state index is 13.3. The third kappa shape index (κ3) is 4.15. The van der Waals surface area contributed by atoms with Gasteiger partial charge in [0.1, 0.15) is 5.75 Å².